The summed E-state index contributed by atoms with van der Waals surface area (Å²) in [7, 11) is 0. The second-order valence-corrected chi connectivity index (χ2v) is 5.61. The van der Waals surface area contributed by atoms with Crippen molar-refractivity contribution in [2.24, 2.45) is 0 Å². The van der Waals surface area contributed by atoms with Gasteiger partial charge >= 0.3 is 0 Å². The highest BCUT2D eigenvalue weighted by atomic mass is 16.2. The number of benzene rings is 1. The Labute approximate surface area is 132 Å². The van der Waals surface area contributed by atoms with E-state index in [0.717, 1.165) is 38.2 Å². The first kappa shape index (κ1) is 16.5. The second kappa shape index (κ2) is 8.54. The molecule has 0 aromatic heterocycles. The maximum Gasteiger partial charge on any atom is 0.253 e. The fourth-order valence-corrected chi connectivity index (χ4v) is 2.60. The maximum absolute atomic E-state index is 12.5. The average molecular weight is 303 g/mol. The van der Waals surface area contributed by atoms with Crippen molar-refractivity contribution >= 4 is 17.5 Å². The molecule has 0 bridgehead atoms. The molecule has 5 nitrogen and oxygen atoms in total. The van der Waals surface area contributed by atoms with Crippen LogP contribution in [0, 0.1) is 0 Å². The van der Waals surface area contributed by atoms with Crippen LogP contribution in [-0.2, 0) is 4.79 Å². The summed E-state index contributed by atoms with van der Waals surface area (Å²) < 4.78 is 0. The number of hydrogen-bond donors (Lipinski definition) is 2. The van der Waals surface area contributed by atoms with Crippen LogP contribution in [0.4, 0.5) is 5.69 Å². The Morgan fingerprint density at radius 3 is 2.27 bits per heavy atom. The SMILES string of the molecule is CCNCC(=O)Nc1ccc(C(=O)N2CCCCCC2)cc1. The van der Waals surface area contributed by atoms with Crippen molar-refractivity contribution in [2.45, 2.75) is 32.6 Å². The van der Waals surface area contributed by atoms with E-state index in [1.165, 1.54) is 12.8 Å². The van der Waals surface area contributed by atoms with E-state index < -0.39 is 0 Å². The molecule has 2 rings (SSSR count). The zero-order chi connectivity index (χ0) is 15.8. The number of hydrogen-bond acceptors (Lipinski definition) is 3. The lowest BCUT2D eigenvalue weighted by molar-refractivity contribution is -0.115. The first-order valence-corrected chi connectivity index (χ1v) is 8.10. The normalized spacial score (nSPS) is 15.2. The van der Waals surface area contributed by atoms with E-state index >= 15 is 0 Å². The lowest BCUT2D eigenvalue weighted by Crippen LogP contribution is -2.31. The Morgan fingerprint density at radius 1 is 1.05 bits per heavy atom. The summed E-state index contributed by atoms with van der Waals surface area (Å²) in [6, 6.07) is 7.15. The highest BCUT2D eigenvalue weighted by Gasteiger charge is 2.17. The molecule has 2 N–H and O–H groups in total. The Hall–Kier alpha value is -1.88. The van der Waals surface area contributed by atoms with E-state index in [2.05, 4.69) is 10.6 Å². The zero-order valence-electron chi connectivity index (χ0n) is 13.2. The molecule has 0 saturated carbocycles. The van der Waals surface area contributed by atoms with E-state index in [9.17, 15) is 9.59 Å². The maximum atomic E-state index is 12.5. The van der Waals surface area contributed by atoms with Crippen LogP contribution in [0.25, 0.3) is 0 Å². The third kappa shape index (κ3) is 4.84. The topological polar surface area (TPSA) is 61.4 Å². The molecule has 0 spiro atoms. The number of nitrogens with one attached hydrogen (secondary N) is 2. The molecule has 2 amide bonds. The highest BCUT2D eigenvalue weighted by molar-refractivity contribution is 5.96. The molecule has 0 radical (unpaired) electrons. The quantitative estimate of drug-likeness (QED) is 0.877. The van der Waals surface area contributed by atoms with E-state index in [0.29, 0.717) is 12.1 Å². The summed E-state index contributed by atoms with van der Waals surface area (Å²) in [4.78, 5) is 26.0. The van der Waals surface area contributed by atoms with Crippen molar-refractivity contribution in [3.05, 3.63) is 29.8 Å². The molecule has 0 aliphatic carbocycles. The van der Waals surface area contributed by atoms with Gasteiger partial charge in [-0.3, -0.25) is 9.59 Å². The third-order valence-electron chi connectivity index (χ3n) is 3.84. The number of carbonyl (C=O) groups excluding carboxylic acids is 2. The lowest BCUT2D eigenvalue weighted by Gasteiger charge is -2.20. The molecule has 0 atom stereocenters. The summed E-state index contributed by atoms with van der Waals surface area (Å²) >= 11 is 0. The van der Waals surface area contributed by atoms with Gasteiger partial charge in [0.25, 0.3) is 5.91 Å². The molecule has 0 unspecified atom stereocenters. The highest BCUT2D eigenvalue weighted by Crippen LogP contribution is 2.15. The molecule has 1 aliphatic heterocycles. The Morgan fingerprint density at radius 2 is 1.68 bits per heavy atom. The van der Waals surface area contributed by atoms with Crippen LogP contribution in [0.3, 0.4) is 0 Å². The molecule has 120 valence electrons. The van der Waals surface area contributed by atoms with Crippen LogP contribution < -0.4 is 10.6 Å². The van der Waals surface area contributed by atoms with Gasteiger partial charge in [0.1, 0.15) is 0 Å². The minimum atomic E-state index is -0.0755. The predicted molar refractivity (Wildman–Crippen MR) is 88.0 cm³/mol. The number of rotatable bonds is 5. The van der Waals surface area contributed by atoms with Crippen LogP contribution in [0.5, 0.6) is 0 Å². The summed E-state index contributed by atoms with van der Waals surface area (Å²) in [5.41, 5.74) is 1.40. The minimum Gasteiger partial charge on any atom is -0.339 e. The Balaban J connectivity index is 1.92. The molecule has 5 heteroatoms. The Bertz CT molecular complexity index is 491. The van der Waals surface area contributed by atoms with Gasteiger partial charge in [0, 0.05) is 24.3 Å². The van der Waals surface area contributed by atoms with Crippen molar-refractivity contribution in [3.8, 4) is 0 Å². The number of carbonyl (C=O) groups is 2. The van der Waals surface area contributed by atoms with E-state index in [-0.39, 0.29) is 11.8 Å². The first-order valence-electron chi connectivity index (χ1n) is 8.10. The van der Waals surface area contributed by atoms with Gasteiger partial charge in [0.05, 0.1) is 6.54 Å². The summed E-state index contributed by atoms with van der Waals surface area (Å²) in [5.74, 6) is 0.0147. The van der Waals surface area contributed by atoms with Gasteiger partial charge in [0.15, 0.2) is 0 Å². The van der Waals surface area contributed by atoms with E-state index in [1.54, 1.807) is 24.3 Å². The summed E-state index contributed by atoms with van der Waals surface area (Å²) in [6.45, 7) is 4.71. The van der Waals surface area contributed by atoms with Gasteiger partial charge in [-0.05, 0) is 43.7 Å². The first-order chi connectivity index (χ1) is 10.7. The largest absolute Gasteiger partial charge is 0.339 e. The molecule has 1 aliphatic rings. The van der Waals surface area contributed by atoms with Crippen LogP contribution in [0.1, 0.15) is 43.0 Å². The number of nitrogens with zero attached hydrogens (tertiary/aromatic N) is 1. The molecule has 1 aromatic carbocycles. The molecule has 22 heavy (non-hydrogen) atoms. The number of likely N-dealkylation sites (N-methyl/N-ethyl adjacent to an activating group) is 1. The smallest absolute Gasteiger partial charge is 0.253 e. The molecule has 1 aromatic rings. The van der Waals surface area contributed by atoms with Crippen LogP contribution in [0.15, 0.2) is 24.3 Å². The van der Waals surface area contributed by atoms with E-state index in [4.69, 9.17) is 0 Å². The van der Waals surface area contributed by atoms with Crippen molar-refractivity contribution in [2.75, 3.05) is 31.5 Å². The van der Waals surface area contributed by atoms with Crippen molar-refractivity contribution in [1.29, 1.82) is 0 Å². The van der Waals surface area contributed by atoms with Crippen LogP contribution in [0.2, 0.25) is 0 Å². The average Bonchev–Trinajstić information content (AvgIpc) is 2.82. The number of likely N-dealkylation sites (tertiary alicyclic amines) is 1. The van der Waals surface area contributed by atoms with Gasteiger partial charge in [-0.25, -0.2) is 0 Å². The van der Waals surface area contributed by atoms with Crippen molar-refractivity contribution in [3.63, 3.8) is 0 Å². The van der Waals surface area contributed by atoms with Gasteiger partial charge < -0.3 is 15.5 Å². The van der Waals surface area contributed by atoms with Crippen LogP contribution in [-0.4, -0.2) is 42.9 Å². The van der Waals surface area contributed by atoms with Gasteiger partial charge in [-0.1, -0.05) is 19.8 Å². The molecule has 1 saturated heterocycles. The fourth-order valence-electron chi connectivity index (χ4n) is 2.60. The van der Waals surface area contributed by atoms with Gasteiger partial charge in [-0.15, -0.1) is 0 Å². The molecule has 1 heterocycles. The number of amides is 2. The van der Waals surface area contributed by atoms with E-state index in [1.807, 2.05) is 11.8 Å². The third-order valence-corrected chi connectivity index (χ3v) is 3.84. The minimum absolute atomic E-state index is 0.0755. The zero-order valence-corrected chi connectivity index (χ0v) is 13.2. The summed E-state index contributed by atoms with van der Waals surface area (Å²) in [5, 5.41) is 5.78. The van der Waals surface area contributed by atoms with Crippen molar-refractivity contribution < 1.29 is 9.59 Å². The monoisotopic (exact) mass is 303 g/mol. The molecule has 1 fully saturated rings. The number of anilines is 1. The fraction of sp³-hybridized carbons (Fsp3) is 0.529. The summed E-state index contributed by atoms with van der Waals surface area (Å²) in [6.07, 6.45) is 4.59. The second-order valence-electron chi connectivity index (χ2n) is 5.61. The van der Waals surface area contributed by atoms with Gasteiger partial charge in [0.2, 0.25) is 5.91 Å². The lowest BCUT2D eigenvalue weighted by atomic mass is 10.1. The Kier molecular flexibility index (Phi) is 6.40. The van der Waals surface area contributed by atoms with Crippen LogP contribution >= 0.6 is 0 Å². The molecular formula is C17H25N3O2. The van der Waals surface area contributed by atoms with Gasteiger partial charge in [-0.2, -0.15) is 0 Å². The standard InChI is InChI=1S/C17H25N3O2/c1-2-18-13-16(21)19-15-9-7-14(8-10-15)17(22)20-11-5-3-4-6-12-20/h7-10,18H,2-6,11-13H2,1H3,(H,19,21). The molecular weight excluding hydrogens is 278 g/mol. The predicted octanol–water partition coefficient (Wildman–Crippen LogP) is 2.25. The van der Waals surface area contributed by atoms with Crippen molar-refractivity contribution in [1.82, 2.24) is 10.2 Å².